The largest absolute Gasteiger partial charge is 0.326 e. The Morgan fingerprint density at radius 2 is 1.78 bits per heavy atom. The monoisotopic (exact) mass is 512 g/mol. The Balaban J connectivity index is 1.66. The summed E-state index contributed by atoms with van der Waals surface area (Å²) in [7, 11) is 0. The van der Waals surface area contributed by atoms with E-state index in [1.807, 2.05) is 44.2 Å². The van der Waals surface area contributed by atoms with Gasteiger partial charge in [0.25, 0.3) is 0 Å². The highest BCUT2D eigenvalue weighted by molar-refractivity contribution is 9.10. The molecule has 10 heteroatoms. The quantitative estimate of drug-likeness (QED) is 0.410. The maximum Gasteiger partial charge on any atom is 0.319 e. The van der Waals surface area contributed by atoms with Crippen LogP contribution in [0.4, 0.5) is 15.6 Å². The van der Waals surface area contributed by atoms with Crippen LogP contribution in [-0.2, 0) is 4.79 Å². The summed E-state index contributed by atoms with van der Waals surface area (Å²) >= 11 is 4.65. The molecule has 8 nitrogen and oxygen atoms in total. The molecular weight excluding hydrogens is 492 g/mol. The fourth-order valence-corrected chi connectivity index (χ4v) is 3.82. The number of benzene rings is 2. The van der Waals surface area contributed by atoms with Crippen molar-refractivity contribution in [3.8, 4) is 16.6 Å². The summed E-state index contributed by atoms with van der Waals surface area (Å²) in [5.74, 6) is -0.478. The fraction of sp³-hybridized carbons (Fsp3) is 0.227. The van der Waals surface area contributed by atoms with E-state index in [0.717, 1.165) is 10.0 Å². The number of hydrogen-bond donors (Lipinski definition) is 3. The Hall–Kier alpha value is -3.29. The highest BCUT2D eigenvalue weighted by Crippen LogP contribution is 2.27. The molecule has 0 radical (unpaired) electrons. The lowest BCUT2D eigenvalue weighted by molar-refractivity contribution is -0.119. The fourth-order valence-electron chi connectivity index (χ4n) is 2.80. The van der Waals surface area contributed by atoms with Crippen LogP contribution in [0, 0.1) is 17.2 Å². The third kappa shape index (κ3) is 6.12. The zero-order valence-corrected chi connectivity index (χ0v) is 19.8. The van der Waals surface area contributed by atoms with Crippen molar-refractivity contribution in [2.45, 2.75) is 26.3 Å². The van der Waals surface area contributed by atoms with E-state index in [1.54, 1.807) is 24.3 Å². The smallest absolute Gasteiger partial charge is 0.319 e. The van der Waals surface area contributed by atoms with E-state index in [4.69, 9.17) is 5.26 Å². The highest BCUT2D eigenvalue weighted by atomic mass is 79.9. The summed E-state index contributed by atoms with van der Waals surface area (Å²) in [4.78, 5) is 25.4. The molecule has 0 bridgehead atoms. The van der Waals surface area contributed by atoms with E-state index in [1.165, 1.54) is 11.3 Å². The first-order valence-electron chi connectivity index (χ1n) is 9.87. The number of rotatable bonds is 7. The maximum atomic E-state index is 12.9. The minimum Gasteiger partial charge on any atom is -0.326 e. The van der Waals surface area contributed by atoms with Gasteiger partial charge < -0.3 is 10.6 Å². The van der Waals surface area contributed by atoms with Crippen molar-refractivity contribution >= 4 is 50.0 Å². The lowest BCUT2D eigenvalue weighted by atomic mass is 9.98. The first-order chi connectivity index (χ1) is 15.4. The van der Waals surface area contributed by atoms with Gasteiger partial charge in [0.2, 0.25) is 11.0 Å². The van der Waals surface area contributed by atoms with E-state index in [9.17, 15) is 9.59 Å². The molecule has 3 N–H and O–H groups in total. The van der Waals surface area contributed by atoms with Gasteiger partial charge in [-0.15, -0.1) is 10.2 Å². The number of carbonyl (C=O) groups excluding carboxylic acids is 2. The van der Waals surface area contributed by atoms with Gasteiger partial charge in [0.15, 0.2) is 0 Å². The molecule has 0 fully saturated rings. The number of aromatic nitrogens is 2. The predicted octanol–water partition coefficient (Wildman–Crippen LogP) is 5.01. The van der Waals surface area contributed by atoms with Crippen LogP contribution in [-0.4, -0.2) is 28.2 Å². The predicted molar refractivity (Wildman–Crippen MR) is 128 cm³/mol. The second-order valence-electron chi connectivity index (χ2n) is 7.06. The van der Waals surface area contributed by atoms with E-state index in [-0.39, 0.29) is 11.8 Å². The number of nitrogens with zero attached hydrogens (tertiary/aromatic N) is 3. The molecule has 2 atom stereocenters. The number of carbonyl (C=O) groups is 2. The normalized spacial score (nSPS) is 12.3. The zero-order chi connectivity index (χ0) is 23.1. The minimum absolute atomic E-state index is 0.111. The third-order valence-corrected chi connectivity index (χ3v) is 6.22. The Labute approximate surface area is 198 Å². The van der Waals surface area contributed by atoms with Gasteiger partial charge in [-0.2, -0.15) is 5.26 Å². The van der Waals surface area contributed by atoms with Gasteiger partial charge in [-0.25, -0.2) is 4.79 Å². The number of hydrogen-bond acceptors (Lipinski definition) is 6. The average molecular weight is 513 g/mol. The first kappa shape index (κ1) is 23.4. The van der Waals surface area contributed by atoms with Crippen LogP contribution < -0.4 is 16.0 Å². The summed E-state index contributed by atoms with van der Waals surface area (Å²) in [5.41, 5.74) is 1.91. The van der Waals surface area contributed by atoms with Crippen LogP contribution in [0.25, 0.3) is 10.6 Å². The molecule has 3 aromatic rings. The topological polar surface area (TPSA) is 120 Å². The van der Waals surface area contributed by atoms with Gasteiger partial charge in [-0.3, -0.25) is 10.1 Å². The number of nitrogens with one attached hydrogen (secondary N) is 3. The van der Waals surface area contributed by atoms with Gasteiger partial charge in [0, 0.05) is 15.7 Å². The van der Waals surface area contributed by atoms with Crippen molar-refractivity contribution in [3.05, 3.63) is 58.6 Å². The SMILES string of the molecule is CC[C@@H](C)[C@@H](NC(=O)Nc1ccc(C#N)cc1)C(=O)Nc1nnc(-c2ccc(Br)cc2)s1. The molecule has 2 aromatic carbocycles. The number of amides is 3. The van der Waals surface area contributed by atoms with Crippen molar-refractivity contribution in [2.75, 3.05) is 10.6 Å². The molecule has 3 amide bonds. The summed E-state index contributed by atoms with van der Waals surface area (Å²) in [6, 6.07) is 14.8. The number of urea groups is 1. The Morgan fingerprint density at radius 1 is 1.09 bits per heavy atom. The second-order valence-corrected chi connectivity index (χ2v) is 8.95. The van der Waals surface area contributed by atoms with Gasteiger partial charge in [0.1, 0.15) is 11.0 Å². The molecule has 0 saturated carbocycles. The molecule has 1 heterocycles. The molecule has 164 valence electrons. The summed E-state index contributed by atoms with van der Waals surface area (Å²) < 4.78 is 0.959. The van der Waals surface area contributed by atoms with Crippen molar-refractivity contribution in [3.63, 3.8) is 0 Å². The lowest BCUT2D eigenvalue weighted by Gasteiger charge is -2.23. The summed E-state index contributed by atoms with van der Waals surface area (Å²) in [5, 5.41) is 26.3. The molecule has 0 aliphatic rings. The molecule has 0 aliphatic carbocycles. The van der Waals surface area contributed by atoms with Gasteiger partial charge in [-0.1, -0.05) is 59.7 Å². The highest BCUT2D eigenvalue weighted by Gasteiger charge is 2.27. The lowest BCUT2D eigenvalue weighted by Crippen LogP contribution is -2.49. The Bertz CT molecular complexity index is 1120. The average Bonchev–Trinajstić information content (AvgIpc) is 3.26. The number of halogens is 1. The van der Waals surface area contributed by atoms with E-state index in [2.05, 4.69) is 42.1 Å². The van der Waals surface area contributed by atoms with E-state index < -0.39 is 12.1 Å². The van der Waals surface area contributed by atoms with Crippen LogP contribution in [0.5, 0.6) is 0 Å². The van der Waals surface area contributed by atoms with Crippen LogP contribution in [0.2, 0.25) is 0 Å². The van der Waals surface area contributed by atoms with Crippen molar-refractivity contribution in [1.82, 2.24) is 15.5 Å². The molecule has 0 unspecified atom stereocenters. The molecule has 3 rings (SSSR count). The van der Waals surface area contributed by atoms with E-state index in [0.29, 0.717) is 27.8 Å². The van der Waals surface area contributed by atoms with Crippen molar-refractivity contribution < 1.29 is 9.59 Å². The van der Waals surface area contributed by atoms with Crippen LogP contribution in [0.3, 0.4) is 0 Å². The first-order valence-corrected chi connectivity index (χ1v) is 11.5. The minimum atomic E-state index is -0.765. The Kier molecular flexibility index (Phi) is 7.92. The standard InChI is InChI=1S/C22H21BrN6O2S/c1-3-13(2)18(26-21(31)25-17-10-4-14(12-24)5-11-17)19(30)27-22-29-28-20(32-22)15-6-8-16(23)9-7-15/h4-11,13,18H,3H2,1-2H3,(H2,25,26,31)(H,27,29,30)/t13-,18-/m1/s1. The molecule has 0 spiro atoms. The third-order valence-electron chi connectivity index (χ3n) is 4.80. The van der Waals surface area contributed by atoms with Crippen LogP contribution in [0.1, 0.15) is 25.8 Å². The molecular formula is C22H21BrN6O2S. The summed E-state index contributed by atoms with van der Waals surface area (Å²) in [6.45, 7) is 3.83. The van der Waals surface area contributed by atoms with E-state index >= 15 is 0 Å². The van der Waals surface area contributed by atoms with Gasteiger partial charge in [0.05, 0.1) is 11.6 Å². The zero-order valence-electron chi connectivity index (χ0n) is 17.4. The van der Waals surface area contributed by atoms with Gasteiger partial charge >= 0.3 is 6.03 Å². The van der Waals surface area contributed by atoms with Gasteiger partial charge in [-0.05, 0) is 42.3 Å². The van der Waals surface area contributed by atoms with Crippen LogP contribution >= 0.6 is 27.3 Å². The van der Waals surface area contributed by atoms with Crippen LogP contribution in [0.15, 0.2) is 53.0 Å². The van der Waals surface area contributed by atoms with Crippen molar-refractivity contribution in [2.24, 2.45) is 5.92 Å². The maximum absolute atomic E-state index is 12.9. The second kappa shape index (κ2) is 10.8. The molecule has 1 aromatic heterocycles. The molecule has 0 aliphatic heterocycles. The number of anilines is 2. The molecule has 0 saturated heterocycles. The number of nitriles is 1. The summed E-state index contributed by atoms with van der Waals surface area (Å²) in [6.07, 6.45) is 0.690. The van der Waals surface area contributed by atoms with Crippen molar-refractivity contribution in [1.29, 1.82) is 5.26 Å². The molecule has 32 heavy (non-hydrogen) atoms. The Morgan fingerprint density at radius 3 is 2.41 bits per heavy atom.